The Labute approximate surface area is 140 Å². The van der Waals surface area contributed by atoms with E-state index in [1.165, 1.54) is 11.5 Å². The monoisotopic (exact) mass is 337 g/mol. The van der Waals surface area contributed by atoms with Gasteiger partial charge in [0.05, 0.1) is 13.2 Å². The lowest BCUT2D eigenvalue weighted by Gasteiger charge is -2.33. The Morgan fingerprint density at radius 3 is 2.77 bits per heavy atom. The van der Waals surface area contributed by atoms with Gasteiger partial charge in [-0.2, -0.15) is 4.37 Å². The Bertz CT molecular complexity index is 653. The van der Waals surface area contributed by atoms with Gasteiger partial charge in [-0.05, 0) is 6.07 Å². The van der Waals surface area contributed by atoms with Gasteiger partial charge in [0, 0.05) is 34.1 Å². The number of hydrogen-bond donors (Lipinski definition) is 0. The highest BCUT2D eigenvalue weighted by Gasteiger charge is 2.27. The van der Waals surface area contributed by atoms with Crippen LogP contribution in [0.3, 0.4) is 0 Å². The molecule has 0 radical (unpaired) electrons. The van der Waals surface area contributed by atoms with Crippen molar-refractivity contribution in [3.8, 4) is 0 Å². The first-order chi connectivity index (χ1) is 10.4. The van der Waals surface area contributed by atoms with Crippen molar-refractivity contribution in [1.82, 2.24) is 9.36 Å². The summed E-state index contributed by atoms with van der Waals surface area (Å²) in [7, 11) is 0. The van der Waals surface area contributed by atoms with Crippen LogP contribution in [0.5, 0.6) is 0 Å². The Morgan fingerprint density at radius 1 is 1.32 bits per heavy atom. The highest BCUT2D eigenvalue weighted by atomic mass is 35.5. The summed E-state index contributed by atoms with van der Waals surface area (Å²) in [6.45, 7) is 8.64. The number of anilines is 1. The number of halogens is 1. The molecule has 3 rings (SSSR count). The lowest BCUT2D eigenvalue weighted by molar-refractivity contribution is 0.0398. The topological polar surface area (TPSA) is 38.2 Å². The summed E-state index contributed by atoms with van der Waals surface area (Å²) >= 11 is 7.75. The van der Waals surface area contributed by atoms with Crippen molar-refractivity contribution in [2.24, 2.45) is 0 Å². The summed E-state index contributed by atoms with van der Waals surface area (Å²) in [5.74, 6) is 0.897. The standard InChI is InChI=1S/C16H20ClN3OS/c1-16(2,3)14-18-15(22-19-14)20-8-9-21-13(10-20)11-6-4-5-7-12(11)17/h4-7,13H,8-10H2,1-3H3. The maximum atomic E-state index is 6.29. The van der Waals surface area contributed by atoms with E-state index in [-0.39, 0.29) is 11.5 Å². The Kier molecular flexibility index (Phi) is 4.39. The van der Waals surface area contributed by atoms with Gasteiger partial charge in [0.15, 0.2) is 0 Å². The first kappa shape index (κ1) is 15.7. The zero-order valence-electron chi connectivity index (χ0n) is 13.0. The molecule has 22 heavy (non-hydrogen) atoms. The maximum Gasteiger partial charge on any atom is 0.205 e. The largest absolute Gasteiger partial charge is 0.370 e. The average molecular weight is 338 g/mol. The van der Waals surface area contributed by atoms with Crippen LogP contribution < -0.4 is 4.90 Å². The smallest absolute Gasteiger partial charge is 0.205 e. The average Bonchev–Trinajstić information content (AvgIpc) is 2.98. The number of rotatable bonds is 2. The van der Waals surface area contributed by atoms with Gasteiger partial charge >= 0.3 is 0 Å². The van der Waals surface area contributed by atoms with E-state index in [0.29, 0.717) is 6.61 Å². The quantitative estimate of drug-likeness (QED) is 0.828. The second-order valence-electron chi connectivity index (χ2n) is 6.48. The Morgan fingerprint density at radius 2 is 2.09 bits per heavy atom. The number of hydrogen-bond acceptors (Lipinski definition) is 5. The van der Waals surface area contributed by atoms with E-state index in [0.717, 1.165) is 34.6 Å². The van der Waals surface area contributed by atoms with Gasteiger partial charge in [0.25, 0.3) is 0 Å². The zero-order chi connectivity index (χ0) is 15.7. The summed E-state index contributed by atoms with van der Waals surface area (Å²) in [6.07, 6.45) is -0.0237. The van der Waals surface area contributed by atoms with E-state index < -0.39 is 0 Å². The van der Waals surface area contributed by atoms with Crippen LogP contribution in [0.2, 0.25) is 5.02 Å². The van der Waals surface area contributed by atoms with E-state index in [4.69, 9.17) is 21.3 Å². The van der Waals surface area contributed by atoms with Crippen molar-refractivity contribution >= 4 is 28.3 Å². The predicted molar refractivity (Wildman–Crippen MR) is 91.0 cm³/mol. The van der Waals surface area contributed by atoms with E-state index in [1.54, 1.807) is 0 Å². The molecule has 1 aromatic heterocycles. The van der Waals surface area contributed by atoms with Crippen molar-refractivity contribution in [3.05, 3.63) is 40.7 Å². The maximum absolute atomic E-state index is 6.29. The molecule has 1 fully saturated rings. The molecule has 2 aromatic rings. The summed E-state index contributed by atoms with van der Waals surface area (Å²) in [4.78, 5) is 6.94. The number of morpholine rings is 1. The van der Waals surface area contributed by atoms with Crippen molar-refractivity contribution < 1.29 is 4.74 Å². The van der Waals surface area contributed by atoms with Crippen LogP contribution in [-0.2, 0) is 10.2 Å². The highest BCUT2D eigenvalue weighted by molar-refractivity contribution is 7.09. The lowest BCUT2D eigenvalue weighted by Crippen LogP contribution is -2.38. The molecule has 1 unspecified atom stereocenters. The van der Waals surface area contributed by atoms with Crippen molar-refractivity contribution in [2.75, 3.05) is 24.6 Å². The molecule has 0 bridgehead atoms. The fraction of sp³-hybridized carbons (Fsp3) is 0.500. The number of nitrogens with zero attached hydrogens (tertiary/aromatic N) is 3. The minimum Gasteiger partial charge on any atom is -0.370 e. The predicted octanol–water partition coefficient (Wildman–Crippen LogP) is 4.07. The van der Waals surface area contributed by atoms with Crippen LogP contribution in [0, 0.1) is 0 Å². The van der Waals surface area contributed by atoms with Crippen LogP contribution >= 0.6 is 23.1 Å². The minimum atomic E-state index is -0.0246. The molecule has 1 atom stereocenters. The lowest BCUT2D eigenvalue weighted by atomic mass is 9.96. The molecule has 1 saturated heterocycles. The third kappa shape index (κ3) is 3.26. The van der Waals surface area contributed by atoms with E-state index in [1.807, 2.05) is 24.3 Å². The second kappa shape index (κ2) is 6.14. The highest BCUT2D eigenvalue weighted by Crippen LogP contribution is 2.32. The molecule has 0 amide bonds. The normalized spacial score (nSPS) is 19.5. The first-order valence-electron chi connectivity index (χ1n) is 7.40. The summed E-state index contributed by atoms with van der Waals surface area (Å²) < 4.78 is 10.4. The molecule has 4 nitrogen and oxygen atoms in total. The second-order valence-corrected chi connectivity index (χ2v) is 7.62. The van der Waals surface area contributed by atoms with Crippen LogP contribution in [0.15, 0.2) is 24.3 Å². The summed E-state index contributed by atoms with van der Waals surface area (Å²) in [6, 6.07) is 7.86. The Hall–Kier alpha value is -1.17. The van der Waals surface area contributed by atoms with Crippen molar-refractivity contribution in [2.45, 2.75) is 32.3 Å². The molecule has 2 heterocycles. The van der Waals surface area contributed by atoms with Crippen molar-refractivity contribution in [3.63, 3.8) is 0 Å². The van der Waals surface area contributed by atoms with Gasteiger partial charge in [-0.15, -0.1) is 0 Å². The van der Waals surface area contributed by atoms with Crippen LogP contribution in [0.4, 0.5) is 5.13 Å². The molecule has 1 aliphatic rings. The molecule has 0 saturated carbocycles. The molecular formula is C16H20ClN3OS. The van der Waals surface area contributed by atoms with Gasteiger partial charge in [-0.3, -0.25) is 0 Å². The van der Waals surface area contributed by atoms with E-state index in [9.17, 15) is 0 Å². The van der Waals surface area contributed by atoms with E-state index in [2.05, 4.69) is 30.0 Å². The number of ether oxygens (including phenoxy) is 1. The van der Waals surface area contributed by atoms with E-state index >= 15 is 0 Å². The SMILES string of the molecule is CC(C)(C)c1nsc(N2CCOC(c3ccccc3Cl)C2)n1. The number of benzene rings is 1. The molecule has 0 N–H and O–H groups in total. The van der Waals surface area contributed by atoms with Gasteiger partial charge in [-0.1, -0.05) is 50.6 Å². The van der Waals surface area contributed by atoms with Gasteiger partial charge in [-0.25, -0.2) is 4.98 Å². The van der Waals surface area contributed by atoms with Crippen molar-refractivity contribution in [1.29, 1.82) is 0 Å². The van der Waals surface area contributed by atoms with Crippen LogP contribution in [-0.4, -0.2) is 29.1 Å². The molecule has 1 aliphatic heterocycles. The first-order valence-corrected chi connectivity index (χ1v) is 8.55. The fourth-order valence-electron chi connectivity index (χ4n) is 2.40. The van der Waals surface area contributed by atoms with Crippen LogP contribution in [0.1, 0.15) is 38.3 Å². The summed E-state index contributed by atoms with van der Waals surface area (Å²) in [5.41, 5.74) is 1.01. The Balaban J connectivity index is 1.79. The zero-order valence-corrected chi connectivity index (χ0v) is 14.6. The third-order valence-corrected chi connectivity index (χ3v) is 4.80. The summed E-state index contributed by atoms with van der Waals surface area (Å²) in [5, 5.41) is 1.72. The van der Waals surface area contributed by atoms with Crippen LogP contribution in [0.25, 0.3) is 0 Å². The molecule has 1 aromatic carbocycles. The number of aromatic nitrogens is 2. The third-order valence-electron chi connectivity index (χ3n) is 3.68. The fourth-order valence-corrected chi connectivity index (χ4v) is 3.54. The van der Waals surface area contributed by atoms with Gasteiger partial charge < -0.3 is 9.64 Å². The molecular weight excluding hydrogens is 318 g/mol. The minimum absolute atomic E-state index is 0.0237. The van der Waals surface area contributed by atoms with Gasteiger partial charge in [0.2, 0.25) is 5.13 Å². The molecule has 6 heteroatoms. The molecule has 0 aliphatic carbocycles. The molecule has 118 valence electrons. The van der Waals surface area contributed by atoms with Gasteiger partial charge in [0.1, 0.15) is 11.9 Å². The molecule has 0 spiro atoms.